The van der Waals surface area contributed by atoms with Gasteiger partial charge in [0, 0.05) is 28.9 Å². The Morgan fingerprint density at radius 2 is 2.05 bits per heavy atom. The van der Waals surface area contributed by atoms with Crippen LogP contribution < -0.4 is 15.2 Å². The fraction of sp³-hybridized carbons (Fsp3) is 0.500. The van der Waals surface area contributed by atoms with Crippen LogP contribution in [0.3, 0.4) is 0 Å². The maximum Gasteiger partial charge on any atom is 0.214 e. The summed E-state index contributed by atoms with van der Waals surface area (Å²) < 4.78 is 42.2. The molecule has 114 valence electrons. The van der Waals surface area contributed by atoms with Gasteiger partial charge in [0.2, 0.25) is 10.0 Å². The molecule has 0 aliphatic rings. The lowest BCUT2D eigenvalue weighted by molar-refractivity contribution is 0.342. The molecule has 1 aromatic rings. The van der Waals surface area contributed by atoms with E-state index >= 15 is 0 Å². The van der Waals surface area contributed by atoms with Crippen molar-refractivity contribution in [2.24, 2.45) is 0 Å². The van der Waals surface area contributed by atoms with E-state index in [-0.39, 0.29) is 18.9 Å². The van der Waals surface area contributed by atoms with Crippen LogP contribution in [0, 0.1) is 0 Å². The van der Waals surface area contributed by atoms with Gasteiger partial charge >= 0.3 is 0 Å². The average Bonchev–Trinajstić information content (AvgIpc) is 2.40. The molecule has 0 saturated carbocycles. The third-order valence-electron chi connectivity index (χ3n) is 2.50. The van der Waals surface area contributed by atoms with Gasteiger partial charge in [0.05, 0.1) is 11.4 Å². The molecule has 0 amide bonds. The standard InChI is InChI=1S/C12H20N2O4S2/c1-2-19(15)9-7-14-20(16,17)10-8-18-12-6-4-3-5-11(12)13/h3-6,14H,2,7-10,13H2,1H3. The Bertz CT molecular complexity index is 546. The molecule has 0 heterocycles. The highest BCUT2D eigenvalue weighted by Gasteiger charge is 2.11. The Labute approximate surface area is 122 Å². The molecule has 0 spiro atoms. The van der Waals surface area contributed by atoms with Gasteiger partial charge in [0.15, 0.2) is 0 Å². The average molecular weight is 320 g/mol. The third kappa shape index (κ3) is 6.36. The summed E-state index contributed by atoms with van der Waals surface area (Å²) >= 11 is 0. The first-order valence-electron chi connectivity index (χ1n) is 6.24. The summed E-state index contributed by atoms with van der Waals surface area (Å²) in [7, 11) is -4.39. The van der Waals surface area contributed by atoms with E-state index in [0.29, 0.717) is 22.9 Å². The topological polar surface area (TPSA) is 98.5 Å². The Morgan fingerprint density at radius 1 is 1.35 bits per heavy atom. The molecular formula is C12H20N2O4S2. The number of ether oxygens (including phenoxy) is 1. The second-order valence-corrected chi connectivity index (χ2v) is 7.82. The van der Waals surface area contributed by atoms with Crippen molar-refractivity contribution >= 4 is 26.5 Å². The molecular weight excluding hydrogens is 300 g/mol. The van der Waals surface area contributed by atoms with Crippen molar-refractivity contribution < 1.29 is 17.4 Å². The van der Waals surface area contributed by atoms with Gasteiger partial charge in [-0.3, -0.25) is 4.21 Å². The van der Waals surface area contributed by atoms with E-state index in [0.717, 1.165) is 0 Å². The van der Waals surface area contributed by atoms with E-state index in [2.05, 4.69) is 4.72 Å². The molecule has 6 nitrogen and oxygen atoms in total. The number of benzene rings is 1. The summed E-state index contributed by atoms with van der Waals surface area (Å²) in [6.45, 7) is 1.99. The molecule has 0 radical (unpaired) electrons. The van der Waals surface area contributed by atoms with Gasteiger partial charge in [-0.25, -0.2) is 13.1 Å². The van der Waals surface area contributed by atoms with E-state index in [4.69, 9.17) is 10.5 Å². The molecule has 20 heavy (non-hydrogen) atoms. The summed E-state index contributed by atoms with van der Waals surface area (Å²) in [6.07, 6.45) is 0. The van der Waals surface area contributed by atoms with Crippen LogP contribution in [-0.2, 0) is 20.8 Å². The maximum absolute atomic E-state index is 11.7. The summed E-state index contributed by atoms with van der Waals surface area (Å²) in [5.74, 6) is 1.15. The molecule has 1 aromatic carbocycles. The van der Waals surface area contributed by atoms with Crippen molar-refractivity contribution in [1.29, 1.82) is 0 Å². The van der Waals surface area contributed by atoms with Crippen molar-refractivity contribution in [2.75, 3.05) is 36.1 Å². The van der Waals surface area contributed by atoms with Crippen LogP contribution in [0.4, 0.5) is 5.69 Å². The second-order valence-electron chi connectivity index (χ2n) is 4.03. The minimum Gasteiger partial charge on any atom is -0.490 e. The Balaban J connectivity index is 2.33. The lowest BCUT2D eigenvalue weighted by atomic mass is 10.3. The first-order chi connectivity index (χ1) is 9.44. The van der Waals surface area contributed by atoms with Gasteiger partial charge < -0.3 is 10.5 Å². The smallest absolute Gasteiger partial charge is 0.214 e. The SMILES string of the molecule is CCS(=O)CCNS(=O)(=O)CCOc1ccccc1N. The lowest BCUT2D eigenvalue weighted by Gasteiger charge is -2.09. The van der Waals surface area contributed by atoms with Crippen LogP contribution in [-0.4, -0.2) is 43.0 Å². The van der Waals surface area contributed by atoms with Crippen molar-refractivity contribution in [3.8, 4) is 5.75 Å². The molecule has 1 atom stereocenters. The molecule has 8 heteroatoms. The largest absolute Gasteiger partial charge is 0.490 e. The summed E-state index contributed by atoms with van der Waals surface area (Å²) in [4.78, 5) is 0. The van der Waals surface area contributed by atoms with E-state index < -0.39 is 20.8 Å². The van der Waals surface area contributed by atoms with Gasteiger partial charge in [-0.2, -0.15) is 0 Å². The first-order valence-corrected chi connectivity index (χ1v) is 9.38. The minimum atomic E-state index is -3.42. The minimum absolute atomic E-state index is 0.0143. The van der Waals surface area contributed by atoms with Crippen LogP contribution in [0.1, 0.15) is 6.92 Å². The highest BCUT2D eigenvalue weighted by molar-refractivity contribution is 7.89. The van der Waals surface area contributed by atoms with Gasteiger partial charge in [-0.1, -0.05) is 19.1 Å². The lowest BCUT2D eigenvalue weighted by Crippen LogP contribution is -2.32. The van der Waals surface area contributed by atoms with Crippen LogP contribution >= 0.6 is 0 Å². The number of nitrogens with one attached hydrogen (secondary N) is 1. The third-order valence-corrected chi connectivity index (χ3v) is 5.15. The number of nitrogen functional groups attached to an aromatic ring is 1. The number of rotatable bonds is 9. The zero-order valence-corrected chi connectivity index (χ0v) is 13.0. The number of para-hydroxylation sites is 2. The number of nitrogens with two attached hydrogens (primary N) is 1. The predicted molar refractivity (Wildman–Crippen MR) is 81.7 cm³/mol. The van der Waals surface area contributed by atoms with Crippen molar-refractivity contribution in [1.82, 2.24) is 4.72 Å². The molecule has 0 aromatic heterocycles. The van der Waals surface area contributed by atoms with E-state index in [1.807, 2.05) is 0 Å². The van der Waals surface area contributed by atoms with Gasteiger partial charge in [-0.15, -0.1) is 0 Å². The van der Waals surface area contributed by atoms with Gasteiger partial charge in [-0.05, 0) is 12.1 Å². The quantitative estimate of drug-likeness (QED) is 0.639. The van der Waals surface area contributed by atoms with Crippen LogP contribution in [0.25, 0.3) is 0 Å². The first kappa shape index (κ1) is 16.9. The maximum atomic E-state index is 11.7. The van der Waals surface area contributed by atoms with Gasteiger partial charge in [0.25, 0.3) is 0 Å². The highest BCUT2D eigenvalue weighted by Crippen LogP contribution is 2.19. The fourth-order valence-electron chi connectivity index (χ4n) is 1.40. The number of hydrogen-bond acceptors (Lipinski definition) is 5. The monoisotopic (exact) mass is 320 g/mol. The molecule has 1 unspecified atom stereocenters. The number of sulfonamides is 1. The van der Waals surface area contributed by atoms with Gasteiger partial charge in [0.1, 0.15) is 12.4 Å². The summed E-state index contributed by atoms with van der Waals surface area (Å²) in [6, 6.07) is 6.90. The van der Waals surface area contributed by atoms with E-state index in [9.17, 15) is 12.6 Å². The van der Waals surface area contributed by atoms with Crippen LogP contribution in [0.15, 0.2) is 24.3 Å². The molecule has 0 aliphatic heterocycles. The molecule has 0 fully saturated rings. The van der Waals surface area contributed by atoms with Crippen molar-refractivity contribution in [3.05, 3.63) is 24.3 Å². The molecule has 0 aliphatic carbocycles. The molecule has 1 rings (SSSR count). The molecule has 3 N–H and O–H groups in total. The second kappa shape index (κ2) is 8.23. The number of anilines is 1. The fourth-order valence-corrected chi connectivity index (χ4v) is 3.01. The van der Waals surface area contributed by atoms with Crippen molar-refractivity contribution in [3.63, 3.8) is 0 Å². The summed E-state index contributed by atoms with van der Waals surface area (Å²) in [5.41, 5.74) is 6.14. The molecule has 0 saturated heterocycles. The van der Waals surface area contributed by atoms with Crippen molar-refractivity contribution in [2.45, 2.75) is 6.92 Å². The highest BCUT2D eigenvalue weighted by atomic mass is 32.2. The Kier molecular flexibility index (Phi) is 6.97. The zero-order valence-electron chi connectivity index (χ0n) is 11.4. The normalized spacial score (nSPS) is 13.1. The number of hydrogen-bond donors (Lipinski definition) is 2. The predicted octanol–water partition coefficient (Wildman–Crippen LogP) is 0.336. The van der Waals surface area contributed by atoms with E-state index in [1.54, 1.807) is 31.2 Å². The van der Waals surface area contributed by atoms with Crippen LogP contribution in [0.5, 0.6) is 5.75 Å². The van der Waals surface area contributed by atoms with E-state index in [1.165, 1.54) is 0 Å². The summed E-state index contributed by atoms with van der Waals surface area (Å²) in [5, 5.41) is 0. The van der Waals surface area contributed by atoms with Crippen LogP contribution in [0.2, 0.25) is 0 Å². The zero-order chi connectivity index (χ0) is 15.0. The Hall–Kier alpha value is -1.12. The molecule has 0 bridgehead atoms. The Morgan fingerprint density at radius 3 is 2.70 bits per heavy atom.